The molecule has 1 saturated heterocycles. The summed E-state index contributed by atoms with van der Waals surface area (Å²) in [4.78, 5) is 20.7. The van der Waals surface area contributed by atoms with Crippen LogP contribution in [0.5, 0.6) is 0 Å². The first-order valence-electron chi connectivity index (χ1n) is 3.26. The summed E-state index contributed by atoms with van der Waals surface area (Å²) >= 11 is 0. The zero-order valence-electron chi connectivity index (χ0n) is 5.59. The fourth-order valence-electron chi connectivity index (χ4n) is 0.761. The first kappa shape index (κ1) is 7.21. The maximum Gasteiger partial charge on any atom is 0.226 e. The van der Waals surface area contributed by atoms with E-state index in [2.05, 4.69) is 10.6 Å². The fraction of sp³-hybridized carbons (Fsp3) is 0.667. The molecule has 1 fully saturated rings. The zero-order valence-corrected chi connectivity index (χ0v) is 5.59. The predicted molar refractivity (Wildman–Crippen MR) is 37.5 cm³/mol. The molecule has 0 aromatic heterocycles. The summed E-state index contributed by atoms with van der Waals surface area (Å²) in [5.74, 6) is 0.0609. The third-order valence-electron chi connectivity index (χ3n) is 1.51. The number of rotatable bonds is 3. The third kappa shape index (κ3) is 1.54. The van der Waals surface area contributed by atoms with E-state index in [-0.39, 0.29) is 19.8 Å². The van der Waals surface area contributed by atoms with Crippen LogP contribution in [-0.4, -0.2) is 31.8 Å². The molecule has 0 spiro atoms. The van der Waals surface area contributed by atoms with Crippen LogP contribution >= 0.6 is 0 Å². The van der Waals surface area contributed by atoms with E-state index in [1.807, 2.05) is 0 Å². The van der Waals surface area contributed by atoms with Crippen LogP contribution in [0.4, 0.5) is 0 Å². The number of carbonyl (C=O) groups is 2. The topological polar surface area (TPSA) is 58.2 Å². The highest BCUT2D eigenvalue weighted by Gasteiger charge is 2.23. The summed E-state index contributed by atoms with van der Waals surface area (Å²) < 4.78 is 0. The Labute approximate surface area is 60.5 Å². The highest BCUT2D eigenvalue weighted by atomic mass is 16.2. The Morgan fingerprint density at radius 3 is 2.90 bits per heavy atom. The Morgan fingerprint density at radius 2 is 2.50 bits per heavy atom. The van der Waals surface area contributed by atoms with Gasteiger partial charge in [0.1, 0.15) is 6.29 Å². The maximum absolute atomic E-state index is 10.9. The van der Waals surface area contributed by atoms with Gasteiger partial charge in [-0.05, 0) is 0 Å². The van der Waals surface area contributed by atoms with Crippen molar-refractivity contribution >= 4 is 12.2 Å². The van der Waals surface area contributed by atoms with Crippen molar-refractivity contribution in [1.82, 2.24) is 10.6 Å². The smallest absolute Gasteiger partial charge is 0.226 e. The van der Waals surface area contributed by atoms with Crippen LogP contribution in [0.1, 0.15) is 1.43 Å². The molecule has 0 aliphatic carbocycles. The Hall–Kier alpha value is -0.900. The molecule has 0 aromatic rings. The second-order valence-corrected chi connectivity index (χ2v) is 2.27. The lowest BCUT2D eigenvalue weighted by Gasteiger charge is -2.25. The van der Waals surface area contributed by atoms with Gasteiger partial charge in [0.15, 0.2) is 0 Å². The molecule has 1 amide bonds. The molecular weight excluding hydrogens is 132 g/mol. The van der Waals surface area contributed by atoms with E-state index in [1.165, 1.54) is 0 Å². The number of hydrogen-bond donors (Lipinski definition) is 2. The normalized spacial score (nSPS) is 17.6. The van der Waals surface area contributed by atoms with E-state index in [9.17, 15) is 9.59 Å². The molecular formula is C6H12N2O2. The van der Waals surface area contributed by atoms with Gasteiger partial charge in [0.25, 0.3) is 0 Å². The van der Waals surface area contributed by atoms with E-state index in [0.29, 0.717) is 6.29 Å². The average Bonchev–Trinajstić information content (AvgIpc) is 1.79. The quantitative estimate of drug-likeness (QED) is 0.487. The lowest BCUT2D eigenvalue weighted by atomic mass is 10.0. The molecule has 2 N–H and O–H groups in total. The Bertz CT molecular complexity index is 148. The predicted octanol–water partition coefficient (Wildman–Crippen LogP) is -1.23. The molecule has 4 nitrogen and oxygen atoms in total. The average molecular weight is 144 g/mol. The first-order chi connectivity index (χ1) is 4.84. The number of nitrogens with one attached hydrogen (secondary N) is 2. The highest BCUT2D eigenvalue weighted by molar-refractivity contribution is 5.81. The lowest BCUT2D eigenvalue weighted by molar-refractivity contribution is -0.127. The van der Waals surface area contributed by atoms with Gasteiger partial charge in [-0.1, -0.05) is 0 Å². The van der Waals surface area contributed by atoms with Gasteiger partial charge in [0, 0.05) is 14.5 Å². The van der Waals surface area contributed by atoms with Crippen molar-refractivity contribution < 1.29 is 11.0 Å². The Balaban J connectivity index is 0.000001000. The van der Waals surface area contributed by atoms with E-state index in [4.69, 9.17) is 0 Å². The van der Waals surface area contributed by atoms with Crippen molar-refractivity contribution in [3.8, 4) is 0 Å². The van der Waals surface area contributed by atoms with Crippen LogP contribution in [0.2, 0.25) is 0 Å². The fourth-order valence-corrected chi connectivity index (χ4v) is 0.761. The molecule has 0 aromatic carbocycles. The zero-order chi connectivity index (χ0) is 7.40. The summed E-state index contributed by atoms with van der Waals surface area (Å²) in [7, 11) is 0. The largest absolute Gasteiger partial charge is 0.349 e. The molecule has 0 saturated carbocycles. The van der Waals surface area contributed by atoms with Gasteiger partial charge in [-0.15, -0.1) is 0 Å². The van der Waals surface area contributed by atoms with Crippen molar-refractivity contribution in [3.05, 3.63) is 0 Å². The van der Waals surface area contributed by atoms with Gasteiger partial charge >= 0.3 is 0 Å². The number of amides is 1. The molecule has 0 atom stereocenters. The monoisotopic (exact) mass is 144 g/mol. The molecule has 1 aliphatic heterocycles. The molecule has 10 heavy (non-hydrogen) atoms. The van der Waals surface area contributed by atoms with Gasteiger partial charge in [-0.3, -0.25) is 4.79 Å². The molecule has 58 valence electrons. The van der Waals surface area contributed by atoms with Crippen LogP contribution < -0.4 is 10.6 Å². The summed E-state index contributed by atoms with van der Waals surface area (Å²) in [6, 6.07) is 0. The molecule has 0 radical (unpaired) electrons. The second kappa shape index (κ2) is 3.31. The van der Waals surface area contributed by atoms with Crippen molar-refractivity contribution in [2.75, 3.05) is 19.6 Å². The molecule has 1 rings (SSSR count). The Morgan fingerprint density at radius 1 is 1.80 bits per heavy atom. The molecule has 0 unspecified atom stereocenters. The molecule has 1 aliphatic rings. The van der Waals surface area contributed by atoms with E-state index in [1.54, 1.807) is 0 Å². The summed E-state index contributed by atoms with van der Waals surface area (Å²) in [6.45, 7) is 1.62. The van der Waals surface area contributed by atoms with Crippen molar-refractivity contribution in [1.29, 1.82) is 0 Å². The SMILES string of the molecule is O=CCNC(=O)C1CNC1.[HH]. The van der Waals surface area contributed by atoms with Gasteiger partial charge in [-0.25, -0.2) is 0 Å². The minimum absolute atomic E-state index is 0. The van der Waals surface area contributed by atoms with Crippen molar-refractivity contribution in [2.24, 2.45) is 5.92 Å². The second-order valence-electron chi connectivity index (χ2n) is 2.27. The molecule has 4 heteroatoms. The highest BCUT2D eigenvalue weighted by Crippen LogP contribution is 2.00. The minimum atomic E-state index is -0.0224. The van der Waals surface area contributed by atoms with Gasteiger partial charge < -0.3 is 15.4 Å². The standard InChI is InChI=1S/C6H10N2O2.H2/c9-2-1-8-6(10)5-3-7-4-5;/h2,5,7H,1,3-4H2,(H,8,10);1H. The lowest BCUT2D eigenvalue weighted by Crippen LogP contribution is -2.51. The van der Waals surface area contributed by atoms with Crippen LogP contribution in [0.3, 0.4) is 0 Å². The van der Waals surface area contributed by atoms with E-state index >= 15 is 0 Å². The maximum atomic E-state index is 10.9. The van der Waals surface area contributed by atoms with Crippen LogP contribution in [-0.2, 0) is 9.59 Å². The van der Waals surface area contributed by atoms with Crippen molar-refractivity contribution in [2.45, 2.75) is 0 Å². The van der Waals surface area contributed by atoms with Gasteiger partial charge in [0.2, 0.25) is 5.91 Å². The van der Waals surface area contributed by atoms with Crippen molar-refractivity contribution in [3.63, 3.8) is 0 Å². The third-order valence-corrected chi connectivity index (χ3v) is 1.51. The minimum Gasteiger partial charge on any atom is -0.349 e. The van der Waals surface area contributed by atoms with Gasteiger partial charge in [0.05, 0.1) is 12.5 Å². The van der Waals surface area contributed by atoms with Gasteiger partial charge in [-0.2, -0.15) is 0 Å². The van der Waals surface area contributed by atoms with E-state index in [0.717, 1.165) is 13.1 Å². The van der Waals surface area contributed by atoms with Crippen LogP contribution in [0.25, 0.3) is 0 Å². The van der Waals surface area contributed by atoms with E-state index < -0.39 is 0 Å². The summed E-state index contributed by atoms with van der Waals surface area (Å²) in [5, 5.41) is 5.46. The first-order valence-corrected chi connectivity index (χ1v) is 3.26. The van der Waals surface area contributed by atoms with Crippen LogP contribution in [0.15, 0.2) is 0 Å². The summed E-state index contributed by atoms with van der Waals surface area (Å²) in [5.41, 5.74) is 0. The Kier molecular flexibility index (Phi) is 2.39. The molecule has 0 bridgehead atoms. The number of carbonyl (C=O) groups excluding carboxylic acids is 2. The summed E-state index contributed by atoms with van der Waals surface area (Å²) in [6.07, 6.45) is 0.685. The number of hydrogen-bond acceptors (Lipinski definition) is 3. The number of aldehydes is 1. The molecule has 1 heterocycles. The van der Waals surface area contributed by atoms with Crippen LogP contribution in [0, 0.1) is 5.92 Å².